The van der Waals surface area contributed by atoms with Gasteiger partial charge < -0.3 is 4.89 Å². The molecule has 7 heteroatoms. The van der Waals surface area contributed by atoms with Crippen LogP contribution in [-0.2, 0) is 16.2 Å². The highest BCUT2D eigenvalue weighted by atomic mass is 127. The van der Waals surface area contributed by atoms with Crippen molar-refractivity contribution in [2.24, 2.45) is 12.2 Å². The summed E-state index contributed by atoms with van der Waals surface area (Å²) in [4.78, 5) is 12.3. The molecule has 5 nitrogen and oxygen atoms in total. The number of hydrogen-bond acceptors (Lipinski definition) is 4. The summed E-state index contributed by atoms with van der Waals surface area (Å²) < 4.78 is 13.6. The second-order valence-electron chi connectivity index (χ2n) is 4.66. The van der Waals surface area contributed by atoms with Crippen molar-refractivity contribution in [1.29, 1.82) is 0 Å². The van der Waals surface area contributed by atoms with E-state index in [9.17, 15) is 4.89 Å². The standard InChI is InChI=1S/C13H21IN2O3P/c1-6-20(17,18-10(2)3)19-15-11(4)13-12(14)8-7-9-16(13)5/h7-10H,6H2,1-5H3/q+1/b15-11+. The zero-order chi connectivity index (χ0) is 15.3. The second kappa shape index (κ2) is 7.64. The summed E-state index contributed by atoms with van der Waals surface area (Å²) in [6.07, 6.45) is 2.06. The molecule has 0 saturated heterocycles. The number of pyridine rings is 1. The number of oxime groups is 1. The molecule has 1 atom stereocenters. The van der Waals surface area contributed by atoms with Crippen LogP contribution in [0.2, 0.25) is 0 Å². The third kappa shape index (κ3) is 4.91. The molecule has 0 aliphatic heterocycles. The fourth-order valence-corrected chi connectivity index (χ4v) is 3.82. The van der Waals surface area contributed by atoms with Crippen LogP contribution in [0.5, 0.6) is 0 Å². The number of hydrogen-bond donors (Lipinski definition) is 0. The van der Waals surface area contributed by atoms with Gasteiger partial charge in [0.05, 0.1) is 9.67 Å². The first kappa shape index (κ1) is 17.8. The summed E-state index contributed by atoms with van der Waals surface area (Å²) in [5.74, 6) is 0. The summed E-state index contributed by atoms with van der Waals surface area (Å²) in [5.41, 5.74) is 1.60. The van der Waals surface area contributed by atoms with Crippen molar-refractivity contribution in [2.75, 3.05) is 6.16 Å². The fraction of sp³-hybridized carbons (Fsp3) is 0.538. The molecule has 1 heterocycles. The largest absolute Gasteiger partial charge is 0.622 e. The van der Waals surface area contributed by atoms with Gasteiger partial charge >= 0.3 is 7.94 Å². The molecule has 0 fully saturated rings. The molecule has 0 amide bonds. The van der Waals surface area contributed by atoms with Gasteiger partial charge in [-0.2, -0.15) is 9.09 Å². The van der Waals surface area contributed by atoms with Gasteiger partial charge in [0.25, 0.3) is 0 Å². The Morgan fingerprint density at radius 3 is 2.70 bits per heavy atom. The van der Waals surface area contributed by atoms with Crippen molar-refractivity contribution in [3.63, 3.8) is 0 Å². The van der Waals surface area contributed by atoms with Gasteiger partial charge in [-0.1, -0.05) is 0 Å². The molecule has 1 rings (SSSR count). The minimum absolute atomic E-state index is 0.163. The zero-order valence-corrected chi connectivity index (χ0v) is 15.5. The lowest BCUT2D eigenvalue weighted by Gasteiger charge is -2.24. The molecule has 0 radical (unpaired) electrons. The van der Waals surface area contributed by atoms with Crippen LogP contribution in [0.15, 0.2) is 23.5 Å². The van der Waals surface area contributed by atoms with Crippen molar-refractivity contribution in [2.45, 2.75) is 33.8 Å². The normalized spacial score (nSPS) is 15.3. The Balaban J connectivity index is 2.94. The van der Waals surface area contributed by atoms with E-state index in [2.05, 4.69) is 27.7 Å². The van der Waals surface area contributed by atoms with E-state index in [-0.39, 0.29) is 6.10 Å². The van der Waals surface area contributed by atoms with E-state index in [0.29, 0.717) is 11.9 Å². The van der Waals surface area contributed by atoms with E-state index >= 15 is 0 Å². The highest BCUT2D eigenvalue weighted by Crippen LogP contribution is 2.53. The van der Waals surface area contributed by atoms with E-state index in [1.165, 1.54) is 0 Å². The molecule has 1 aromatic heterocycles. The van der Waals surface area contributed by atoms with Crippen LogP contribution in [0.4, 0.5) is 0 Å². The SMILES string of the molecule is CC[P+]([O-])(O/N=C(\C)c1c(I)ccc[n+]1C)OC(C)C. The van der Waals surface area contributed by atoms with Gasteiger partial charge in [0.15, 0.2) is 11.9 Å². The van der Waals surface area contributed by atoms with Crippen molar-refractivity contribution in [1.82, 2.24) is 0 Å². The van der Waals surface area contributed by atoms with Crippen LogP contribution in [0.1, 0.15) is 33.4 Å². The Morgan fingerprint density at radius 2 is 2.20 bits per heavy atom. The predicted octanol–water partition coefficient (Wildman–Crippen LogP) is 2.42. The average molecular weight is 411 g/mol. The molecular weight excluding hydrogens is 390 g/mol. The molecule has 0 saturated carbocycles. The highest BCUT2D eigenvalue weighted by Gasteiger charge is 2.31. The van der Waals surface area contributed by atoms with Crippen molar-refractivity contribution < 1.29 is 18.6 Å². The summed E-state index contributed by atoms with van der Waals surface area (Å²) in [7, 11) is -1.23. The third-order valence-corrected chi connectivity index (χ3v) is 5.25. The van der Waals surface area contributed by atoms with Gasteiger partial charge in [-0.15, -0.1) is 0 Å². The quantitative estimate of drug-likeness (QED) is 0.238. The lowest BCUT2D eigenvalue weighted by atomic mass is 10.2. The fourth-order valence-electron chi connectivity index (χ4n) is 1.65. The number of nitrogens with zero attached hydrogens (tertiary/aromatic N) is 2. The van der Waals surface area contributed by atoms with Gasteiger partial charge in [0, 0.05) is 6.07 Å². The highest BCUT2D eigenvalue weighted by molar-refractivity contribution is 14.1. The van der Waals surface area contributed by atoms with Crippen LogP contribution in [0.3, 0.4) is 0 Å². The van der Waals surface area contributed by atoms with Crippen molar-refractivity contribution in [3.8, 4) is 0 Å². The minimum atomic E-state index is -3.16. The van der Waals surface area contributed by atoms with Gasteiger partial charge in [0.2, 0.25) is 5.69 Å². The van der Waals surface area contributed by atoms with Gasteiger partial charge in [0.1, 0.15) is 13.2 Å². The molecule has 0 spiro atoms. The van der Waals surface area contributed by atoms with Crippen molar-refractivity contribution in [3.05, 3.63) is 27.6 Å². The lowest BCUT2D eigenvalue weighted by Crippen LogP contribution is -2.36. The molecule has 0 aliphatic carbocycles. The Bertz CT molecular complexity index is 476. The van der Waals surface area contributed by atoms with Crippen LogP contribution in [-0.4, -0.2) is 18.0 Å². The Labute approximate surface area is 134 Å². The topological polar surface area (TPSA) is 57.8 Å². The second-order valence-corrected chi connectivity index (χ2v) is 8.05. The molecule has 112 valence electrons. The predicted molar refractivity (Wildman–Crippen MR) is 87.3 cm³/mol. The third-order valence-electron chi connectivity index (χ3n) is 2.53. The van der Waals surface area contributed by atoms with Crippen LogP contribution < -0.4 is 9.46 Å². The Hall–Kier alpha value is -0.300. The Kier molecular flexibility index (Phi) is 6.78. The number of aryl methyl sites for hydroxylation is 1. The molecular formula is C13H21IN2O3P+. The summed E-state index contributed by atoms with van der Waals surface area (Å²) in [6, 6.07) is 3.94. The van der Waals surface area contributed by atoms with Crippen LogP contribution in [0, 0.1) is 3.57 Å². The summed E-state index contributed by atoms with van der Waals surface area (Å²) >= 11 is 2.23. The number of aromatic nitrogens is 1. The molecule has 20 heavy (non-hydrogen) atoms. The van der Waals surface area contributed by atoms with E-state index in [0.717, 1.165) is 9.26 Å². The molecule has 0 bridgehead atoms. The van der Waals surface area contributed by atoms with E-state index in [1.807, 2.05) is 50.7 Å². The molecule has 1 aromatic rings. The van der Waals surface area contributed by atoms with Gasteiger partial charge in [-0.05, 0) is 61.5 Å². The van der Waals surface area contributed by atoms with Gasteiger partial charge in [-0.25, -0.2) is 4.62 Å². The minimum Gasteiger partial charge on any atom is -0.622 e. The molecule has 0 aliphatic rings. The lowest BCUT2D eigenvalue weighted by molar-refractivity contribution is -0.673. The first-order chi connectivity index (χ1) is 9.29. The first-order valence-electron chi connectivity index (χ1n) is 6.44. The first-order valence-corrected chi connectivity index (χ1v) is 9.25. The molecule has 1 unspecified atom stereocenters. The van der Waals surface area contributed by atoms with E-state index in [1.54, 1.807) is 6.92 Å². The smallest absolute Gasteiger partial charge is 0.318 e. The maximum atomic E-state index is 12.3. The van der Waals surface area contributed by atoms with Crippen LogP contribution in [0.25, 0.3) is 0 Å². The van der Waals surface area contributed by atoms with Gasteiger partial charge in [-0.3, -0.25) is 0 Å². The maximum absolute atomic E-state index is 12.3. The average Bonchev–Trinajstić information content (AvgIpc) is 2.35. The monoisotopic (exact) mass is 411 g/mol. The van der Waals surface area contributed by atoms with Crippen molar-refractivity contribution >= 4 is 36.2 Å². The zero-order valence-electron chi connectivity index (χ0n) is 12.5. The van der Waals surface area contributed by atoms with E-state index < -0.39 is 7.94 Å². The number of rotatable bonds is 6. The summed E-state index contributed by atoms with van der Waals surface area (Å²) in [6.45, 7) is 7.23. The van der Waals surface area contributed by atoms with Crippen LogP contribution >= 0.6 is 30.5 Å². The summed E-state index contributed by atoms with van der Waals surface area (Å²) in [5, 5.41) is 4.01. The van der Waals surface area contributed by atoms with E-state index in [4.69, 9.17) is 9.15 Å². The molecule has 0 aromatic carbocycles. The Morgan fingerprint density at radius 1 is 1.55 bits per heavy atom. The maximum Gasteiger partial charge on any atom is 0.318 e. The molecule has 0 N–H and O–H groups in total. The number of halogens is 1.